The smallest absolute Gasteiger partial charge is 0.263 e. The normalized spacial score (nSPS) is 18.0. The van der Waals surface area contributed by atoms with Gasteiger partial charge in [0.2, 0.25) is 5.91 Å². The van der Waals surface area contributed by atoms with Crippen molar-refractivity contribution in [3.05, 3.63) is 21.4 Å². The minimum Gasteiger partial charge on any atom is -0.356 e. The van der Waals surface area contributed by atoms with E-state index in [-0.39, 0.29) is 11.8 Å². The van der Waals surface area contributed by atoms with E-state index in [1.54, 1.807) is 11.3 Å². The minimum atomic E-state index is 0.123. The third kappa shape index (κ3) is 4.80. The Bertz CT molecular complexity index is 553. The van der Waals surface area contributed by atoms with E-state index in [9.17, 15) is 9.59 Å². The van der Waals surface area contributed by atoms with Gasteiger partial charge in [-0.05, 0) is 50.2 Å². The van der Waals surface area contributed by atoms with Crippen LogP contribution in [0.4, 0.5) is 0 Å². The second-order valence-electron chi connectivity index (χ2n) is 6.38. The lowest BCUT2D eigenvalue weighted by atomic mass is 9.97. The maximum Gasteiger partial charge on any atom is 0.263 e. The van der Waals surface area contributed by atoms with Crippen LogP contribution in [0.5, 0.6) is 0 Å². The SMILES string of the molecule is CCCC(=O)NC[C@H]1CCCN(C(=O)c2cc(C)c(CC)s2)C1. The summed E-state index contributed by atoms with van der Waals surface area (Å²) >= 11 is 1.63. The summed E-state index contributed by atoms with van der Waals surface area (Å²) in [6, 6.07) is 2.03. The minimum absolute atomic E-state index is 0.123. The van der Waals surface area contributed by atoms with Gasteiger partial charge in [0.1, 0.15) is 0 Å². The van der Waals surface area contributed by atoms with Gasteiger partial charge in [-0.25, -0.2) is 0 Å². The van der Waals surface area contributed by atoms with Crippen molar-refractivity contribution in [3.63, 3.8) is 0 Å². The Hall–Kier alpha value is -1.36. The fourth-order valence-corrected chi connectivity index (χ4v) is 4.20. The zero-order chi connectivity index (χ0) is 16.8. The van der Waals surface area contributed by atoms with Gasteiger partial charge in [0.05, 0.1) is 4.88 Å². The zero-order valence-corrected chi connectivity index (χ0v) is 15.3. The van der Waals surface area contributed by atoms with E-state index in [0.717, 1.165) is 43.6 Å². The molecule has 1 aromatic heterocycles. The van der Waals surface area contributed by atoms with E-state index in [1.165, 1.54) is 10.4 Å². The highest BCUT2D eigenvalue weighted by Crippen LogP contribution is 2.25. The Balaban J connectivity index is 1.92. The van der Waals surface area contributed by atoms with Gasteiger partial charge < -0.3 is 10.2 Å². The first-order valence-corrected chi connectivity index (χ1v) is 9.52. The molecule has 23 heavy (non-hydrogen) atoms. The predicted octanol–water partition coefficient (Wildman–Crippen LogP) is 3.39. The second kappa shape index (κ2) is 8.48. The Morgan fingerprint density at radius 3 is 2.83 bits per heavy atom. The van der Waals surface area contributed by atoms with Gasteiger partial charge in [0.15, 0.2) is 0 Å². The molecule has 1 fully saturated rings. The molecule has 1 N–H and O–H groups in total. The molecular formula is C18H28N2O2S. The topological polar surface area (TPSA) is 49.4 Å². The van der Waals surface area contributed by atoms with Gasteiger partial charge in [-0.2, -0.15) is 0 Å². The number of likely N-dealkylation sites (tertiary alicyclic amines) is 1. The molecule has 0 radical (unpaired) electrons. The monoisotopic (exact) mass is 336 g/mol. The van der Waals surface area contributed by atoms with Gasteiger partial charge in [-0.15, -0.1) is 11.3 Å². The summed E-state index contributed by atoms with van der Waals surface area (Å²) in [4.78, 5) is 28.4. The van der Waals surface area contributed by atoms with E-state index in [0.29, 0.717) is 18.9 Å². The zero-order valence-electron chi connectivity index (χ0n) is 14.5. The molecule has 0 saturated carbocycles. The molecule has 128 valence electrons. The number of carbonyl (C=O) groups excluding carboxylic acids is 2. The number of amides is 2. The van der Waals surface area contributed by atoms with Crippen LogP contribution < -0.4 is 5.32 Å². The number of rotatable bonds is 6. The molecule has 0 bridgehead atoms. The number of nitrogens with one attached hydrogen (secondary N) is 1. The largest absolute Gasteiger partial charge is 0.356 e. The molecule has 0 aliphatic carbocycles. The fourth-order valence-electron chi connectivity index (χ4n) is 3.12. The summed E-state index contributed by atoms with van der Waals surface area (Å²) in [5, 5.41) is 3.00. The standard InChI is InChI=1S/C18H28N2O2S/c1-4-7-17(21)19-11-14-8-6-9-20(12-14)18(22)16-10-13(3)15(5-2)23-16/h10,14H,4-9,11-12H2,1-3H3,(H,19,21)/t14-/m1/s1. The summed E-state index contributed by atoms with van der Waals surface area (Å²) in [6.07, 6.45) is 4.54. The van der Waals surface area contributed by atoms with Gasteiger partial charge in [0, 0.05) is 30.9 Å². The van der Waals surface area contributed by atoms with Crippen molar-refractivity contribution < 1.29 is 9.59 Å². The molecule has 1 aromatic rings. The van der Waals surface area contributed by atoms with Crippen LogP contribution in [0.2, 0.25) is 0 Å². The fraction of sp³-hybridized carbons (Fsp3) is 0.667. The summed E-state index contributed by atoms with van der Waals surface area (Å²) in [7, 11) is 0. The van der Waals surface area contributed by atoms with Gasteiger partial charge in [-0.3, -0.25) is 9.59 Å². The van der Waals surface area contributed by atoms with E-state index in [4.69, 9.17) is 0 Å². The van der Waals surface area contributed by atoms with Crippen molar-refractivity contribution in [2.75, 3.05) is 19.6 Å². The number of hydrogen-bond donors (Lipinski definition) is 1. The number of nitrogens with zero attached hydrogens (tertiary/aromatic N) is 1. The molecule has 0 aromatic carbocycles. The Morgan fingerprint density at radius 2 is 2.17 bits per heavy atom. The Morgan fingerprint density at radius 1 is 1.39 bits per heavy atom. The highest BCUT2D eigenvalue weighted by atomic mass is 32.1. The van der Waals surface area contributed by atoms with Crippen LogP contribution in [-0.2, 0) is 11.2 Å². The van der Waals surface area contributed by atoms with Gasteiger partial charge in [-0.1, -0.05) is 13.8 Å². The summed E-state index contributed by atoms with van der Waals surface area (Å²) in [6.45, 7) is 8.48. The van der Waals surface area contributed by atoms with E-state index < -0.39 is 0 Å². The van der Waals surface area contributed by atoms with Crippen LogP contribution in [-0.4, -0.2) is 36.3 Å². The molecule has 1 saturated heterocycles. The second-order valence-corrected chi connectivity index (χ2v) is 7.52. The number of carbonyl (C=O) groups is 2. The first kappa shape index (κ1) is 18.0. The molecule has 5 heteroatoms. The first-order valence-electron chi connectivity index (χ1n) is 8.70. The Labute approximate surface area is 143 Å². The predicted molar refractivity (Wildman–Crippen MR) is 95.0 cm³/mol. The molecule has 1 aliphatic rings. The maximum absolute atomic E-state index is 12.7. The van der Waals surface area contributed by atoms with Crippen molar-refractivity contribution >= 4 is 23.2 Å². The van der Waals surface area contributed by atoms with Crippen LogP contribution in [0.15, 0.2) is 6.07 Å². The summed E-state index contributed by atoms with van der Waals surface area (Å²) in [5.41, 5.74) is 1.22. The lowest BCUT2D eigenvalue weighted by molar-refractivity contribution is -0.121. The molecule has 1 atom stereocenters. The van der Waals surface area contributed by atoms with Crippen LogP contribution in [0.25, 0.3) is 0 Å². The number of hydrogen-bond acceptors (Lipinski definition) is 3. The molecule has 2 amide bonds. The molecule has 2 heterocycles. The highest BCUT2D eigenvalue weighted by Gasteiger charge is 2.26. The lowest BCUT2D eigenvalue weighted by Crippen LogP contribution is -2.43. The van der Waals surface area contributed by atoms with Crippen molar-refractivity contribution in [1.29, 1.82) is 0 Å². The molecule has 4 nitrogen and oxygen atoms in total. The van der Waals surface area contributed by atoms with E-state index in [2.05, 4.69) is 19.2 Å². The van der Waals surface area contributed by atoms with Crippen molar-refractivity contribution in [1.82, 2.24) is 10.2 Å². The van der Waals surface area contributed by atoms with E-state index in [1.807, 2.05) is 17.9 Å². The van der Waals surface area contributed by atoms with Gasteiger partial charge >= 0.3 is 0 Å². The molecule has 0 spiro atoms. The number of piperidine rings is 1. The van der Waals surface area contributed by atoms with Gasteiger partial charge in [0.25, 0.3) is 5.91 Å². The number of aryl methyl sites for hydroxylation is 2. The molecule has 1 aliphatic heterocycles. The maximum atomic E-state index is 12.7. The molecular weight excluding hydrogens is 308 g/mol. The Kier molecular flexibility index (Phi) is 6.63. The van der Waals surface area contributed by atoms with Crippen molar-refractivity contribution in [3.8, 4) is 0 Å². The highest BCUT2D eigenvalue weighted by molar-refractivity contribution is 7.14. The van der Waals surface area contributed by atoms with Crippen LogP contribution in [0.3, 0.4) is 0 Å². The number of thiophene rings is 1. The summed E-state index contributed by atoms with van der Waals surface area (Å²) in [5.74, 6) is 0.653. The third-order valence-corrected chi connectivity index (χ3v) is 5.79. The third-order valence-electron chi connectivity index (χ3n) is 4.42. The van der Waals surface area contributed by atoms with Crippen LogP contribution in [0, 0.1) is 12.8 Å². The first-order chi connectivity index (χ1) is 11.0. The van der Waals surface area contributed by atoms with Crippen LogP contribution >= 0.6 is 11.3 Å². The average Bonchev–Trinajstić information content (AvgIpc) is 2.94. The van der Waals surface area contributed by atoms with Crippen molar-refractivity contribution in [2.45, 2.75) is 52.9 Å². The molecule has 2 rings (SSSR count). The summed E-state index contributed by atoms with van der Waals surface area (Å²) < 4.78 is 0. The average molecular weight is 337 g/mol. The quantitative estimate of drug-likeness (QED) is 0.866. The lowest BCUT2D eigenvalue weighted by Gasteiger charge is -2.32. The molecule has 0 unspecified atom stereocenters. The van der Waals surface area contributed by atoms with Crippen molar-refractivity contribution in [2.24, 2.45) is 5.92 Å². The van der Waals surface area contributed by atoms with Crippen LogP contribution in [0.1, 0.15) is 59.6 Å². The van der Waals surface area contributed by atoms with E-state index >= 15 is 0 Å².